The monoisotopic (exact) mass is 444 g/mol. The van der Waals surface area contributed by atoms with E-state index in [1.165, 1.54) is 7.11 Å². The van der Waals surface area contributed by atoms with Gasteiger partial charge in [0.05, 0.1) is 25.7 Å². The van der Waals surface area contributed by atoms with E-state index in [4.69, 9.17) is 26.2 Å². The van der Waals surface area contributed by atoms with Crippen LogP contribution in [0.2, 0.25) is 0 Å². The highest BCUT2D eigenvalue weighted by Gasteiger charge is 2.32. The van der Waals surface area contributed by atoms with E-state index >= 15 is 0 Å². The molecule has 12 nitrogen and oxygen atoms in total. The molecule has 1 unspecified atom stereocenters. The van der Waals surface area contributed by atoms with Crippen LogP contribution in [0.1, 0.15) is 22.7 Å². The van der Waals surface area contributed by atoms with Crippen LogP contribution in [0, 0.1) is 22.8 Å². The lowest BCUT2D eigenvalue weighted by Crippen LogP contribution is -2.33. The number of anilines is 3. The molecule has 6 N–H and O–H groups in total. The van der Waals surface area contributed by atoms with Crippen molar-refractivity contribution >= 4 is 23.3 Å². The van der Waals surface area contributed by atoms with Gasteiger partial charge in [0.2, 0.25) is 5.96 Å². The Labute approximate surface area is 189 Å². The lowest BCUT2D eigenvalue weighted by molar-refractivity contribution is 0.276. The van der Waals surface area contributed by atoms with Gasteiger partial charge < -0.3 is 30.8 Å². The fraction of sp³-hybridized carbons (Fsp3) is 0.190. The molecule has 0 radical (unpaired) electrons. The molecule has 1 atom stereocenters. The Balaban J connectivity index is 1.82. The summed E-state index contributed by atoms with van der Waals surface area (Å²) in [5.41, 5.74) is 13.5. The lowest BCUT2D eigenvalue weighted by atomic mass is 9.94. The molecule has 3 heterocycles. The number of benzene rings is 1. The van der Waals surface area contributed by atoms with Crippen molar-refractivity contribution in [2.45, 2.75) is 12.6 Å². The Morgan fingerprint density at radius 1 is 1.30 bits per heavy atom. The number of rotatable bonds is 6. The van der Waals surface area contributed by atoms with Crippen LogP contribution in [0.4, 0.5) is 17.3 Å². The standard InChI is InChI=1S/C21H20N10O2/c1-32-14-4-2-3-12(18(14)33-8-7-31-6-5-26-11-31)17-15-16(24)13(9-22)19(25)29-20(15)30-21(28-17)27-10-23/h2-6,11,17H,7-8H2,1H3,(H6,24,25,27,28,29,30). The molecule has 0 bridgehead atoms. The van der Waals surface area contributed by atoms with E-state index < -0.39 is 6.04 Å². The number of pyridine rings is 1. The van der Waals surface area contributed by atoms with Crippen molar-refractivity contribution in [1.29, 1.82) is 10.5 Å². The van der Waals surface area contributed by atoms with Crippen molar-refractivity contribution in [3.8, 4) is 23.8 Å². The molecule has 4 rings (SSSR count). The maximum Gasteiger partial charge on any atom is 0.211 e. The van der Waals surface area contributed by atoms with Crippen molar-refractivity contribution < 1.29 is 9.47 Å². The van der Waals surface area contributed by atoms with Crippen LogP contribution in [0.5, 0.6) is 11.5 Å². The summed E-state index contributed by atoms with van der Waals surface area (Å²) < 4.78 is 13.5. The van der Waals surface area contributed by atoms with Crippen molar-refractivity contribution in [3.63, 3.8) is 0 Å². The lowest BCUT2D eigenvalue weighted by Gasteiger charge is -2.27. The van der Waals surface area contributed by atoms with Gasteiger partial charge in [-0.3, -0.25) is 5.32 Å². The number of fused-ring (bicyclic) bond motifs is 1. The number of aromatic nitrogens is 3. The first-order chi connectivity index (χ1) is 16.1. The number of guanidine groups is 1. The summed E-state index contributed by atoms with van der Waals surface area (Å²) in [5, 5.41) is 24.0. The topological polar surface area (TPSA) is 185 Å². The molecule has 0 spiro atoms. The zero-order valence-corrected chi connectivity index (χ0v) is 17.6. The van der Waals surface area contributed by atoms with Crippen LogP contribution in [0.25, 0.3) is 0 Å². The van der Waals surface area contributed by atoms with Crippen LogP contribution in [0.3, 0.4) is 0 Å². The molecule has 1 aromatic carbocycles. The number of hydrogen-bond acceptors (Lipinski definition) is 11. The van der Waals surface area contributed by atoms with Gasteiger partial charge in [0, 0.05) is 23.5 Å². The molecule has 0 amide bonds. The van der Waals surface area contributed by atoms with Gasteiger partial charge in [0.1, 0.15) is 35.9 Å². The second kappa shape index (κ2) is 9.03. The molecule has 12 heteroatoms. The fourth-order valence-electron chi connectivity index (χ4n) is 3.54. The summed E-state index contributed by atoms with van der Waals surface area (Å²) in [7, 11) is 1.54. The number of ether oxygens (including phenoxy) is 2. The summed E-state index contributed by atoms with van der Waals surface area (Å²) in [5.74, 6) is 1.35. The van der Waals surface area contributed by atoms with Gasteiger partial charge in [-0.05, 0) is 6.07 Å². The largest absolute Gasteiger partial charge is 0.493 e. The number of nitriles is 2. The zero-order chi connectivity index (χ0) is 23.4. The SMILES string of the molecule is COc1cccc(C2N=C(NC#N)Nc3nc(N)c(C#N)c(N)c32)c1OCCn1ccnc1. The van der Waals surface area contributed by atoms with E-state index in [-0.39, 0.29) is 28.8 Å². The molecule has 2 aromatic heterocycles. The minimum atomic E-state index is -0.754. The van der Waals surface area contributed by atoms with Crippen LogP contribution in [-0.2, 0) is 6.54 Å². The first kappa shape index (κ1) is 21.3. The Morgan fingerprint density at radius 3 is 2.85 bits per heavy atom. The van der Waals surface area contributed by atoms with Crippen LogP contribution in [0.15, 0.2) is 41.9 Å². The van der Waals surface area contributed by atoms with E-state index in [2.05, 4.69) is 25.6 Å². The Hall–Kier alpha value is -4.97. The van der Waals surface area contributed by atoms with Gasteiger partial charge in [-0.25, -0.2) is 15.0 Å². The molecule has 0 fully saturated rings. The first-order valence-corrected chi connectivity index (χ1v) is 9.81. The first-order valence-electron chi connectivity index (χ1n) is 9.81. The molecule has 0 saturated carbocycles. The zero-order valence-electron chi connectivity index (χ0n) is 17.6. The maximum atomic E-state index is 9.52. The van der Waals surface area contributed by atoms with E-state index in [0.29, 0.717) is 35.8 Å². The molecule has 33 heavy (non-hydrogen) atoms. The Morgan fingerprint density at radius 2 is 2.15 bits per heavy atom. The predicted octanol–water partition coefficient (Wildman–Crippen LogP) is 1.34. The minimum absolute atomic E-state index is 0.0272. The van der Waals surface area contributed by atoms with Crippen molar-refractivity contribution in [2.75, 3.05) is 30.5 Å². The number of nitrogen functional groups attached to an aromatic ring is 2. The number of methoxy groups -OCH3 is 1. The predicted molar refractivity (Wildman–Crippen MR) is 120 cm³/mol. The van der Waals surface area contributed by atoms with Gasteiger partial charge in [-0.2, -0.15) is 10.5 Å². The average molecular weight is 444 g/mol. The van der Waals surface area contributed by atoms with Crippen molar-refractivity contribution in [2.24, 2.45) is 4.99 Å². The molecule has 0 aliphatic carbocycles. The van der Waals surface area contributed by atoms with Gasteiger partial charge in [-0.1, -0.05) is 12.1 Å². The highest BCUT2D eigenvalue weighted by atomic mass is 16.5. The van der Waals surface area contributed by atoms with Crippen LogP contribution < -0.4 is 31.6 Å². The summed E-state index contributed by atoms with van der Waals surface area (Å²) in [4.78, 5) is 12.9. The highest BCUT2D eigenvalue weighted by molar-refractivity contribution is 5.98. The quantitative estimate of drug-likeness (QED) is 0.319. The van der Waals surface area contributed by atoms with Crippen LogP contribution in [-0.4, -0.2) is 34.2 Å². The number of imidazole rings is 1. The fourth-order valence-corrected chi connectivity index (χ4v) is 3.54. The summed E-state index contributed by atoms with van der Waals surface area (Å²) in [6, 6.07) is 6.60. The third-order valence-electron chi connectivity index (χ3n) is 5.04. The molecule has 0 saturated heterocycles. The van der Waals surface area contributed by atoms with Crippen molar-refractivity contribution in [1.82, 2.24) is 19.9 Å². The van der Waals surface area contributed by atoms with Gasteiger partial charge in [0.25, 0.3) is 0 Å². The summed E-state index contributed by atoms with van der Waals surface area (Å²) >= 11 is 0. The molecule has 1 aliphatic heterocycles. The number of nitrogens with zero attached hydrogens (tertiary/aromatic N) is 6. The van der Waals surface area contributed by atoms with Gasteiger partial charge in [0.15, 0.2) is 17.7 Å². The van der Waals surface area contributed by atoms with E-state index in [0.717, 1.165) is 0 Å². The Bertz CT molecular complexity index is 1290. The Kier molecular flexibility index (Phi) is 5.82. The molecule has 166 valence electrons. The number of aliphatic imine (C=N–C) groups is 1. The van der Waals surface area contributed by atoms with E-state index in [1.54, 1.807) is 24.7 Å². The van der Waals surface area contributed by atoms with Gasteiger partial charge in [-0.15, -0.1) is 0 Å². The minimum Gasteiger partial charge on any atom is -0.493 e. The average Bonchev–Trinajstić information content (AvgIpc) is 3.32. The highest BCUT2D eigenvalue weighted by Crippen LogP contribution is 2.45. The van der Waals surface area contributed by atoms with Crippen molar-refractivity contribution in [3.05, 3.63) is 53.6 Å². The van der Waals surface area contributed by atoms with Crippen LogP contribution >= 0.6 is 0 Å². The van der Waals surface area contributed by atoms with E-state index in [1.807, 2.05) is 29.1 Å². The molecular formula is C21H20N10O2. The number of para-hydroxylation sites is 1. The second-order valence-corrected chi connectivity index (χ2v) is 6.93. The maximum absolute atomic E-state index is 9.52. The summed E-state index contributed by atoms with van der Waals surface area (Å²) in [6.45, 7) is 0.886. The number of nitrogens with one attached hydrogen (secondary N) is 2. The number of hydrogen-bond donors (Lipinski definition) is 4. The molecule has 1 aliphatic rings. The van der Waals surface area contributed by atoms with E-state index in [9.17, 15) is 5.26 Å². The third kappa shape index (κ3) is 4.00. The molecular weight excluding hydrogens is 424 g/mol. The third-order valence-corrected chi connectivity index (χ3v) is 5.04. The second-order valence-electron chi connectivity index (χ2n) is 6.93. The molecule has 3 aromatic rings. The van der Waals surface area contributed by atoms with Gasteiger partial charge >= 0.3 is 0 Å². The summed E-state index contributed by atoms with van der Waals surface area (Å²) in [6.07, 6.45) is 7.04. The smallest absolute Gasteiger partial charge is 0.211 e. The normalized spacial score (nSPS) is 14.2. The number of nitrogens with two attached hydrogens (primary N) is 2.